The first-order chi connectivity index (χ1) is 13.2. The van der Waals surface area contributed by atoms with Gasteiger partial charge in [0.15, 0.2) is 12.4 Å². The predicted molar refractivity (Wildman–Crippen MR) is 101 cm³/mol. The highest BCUT2D eigenvalue weighted by Gasteiger charge is 2.27. The monoisotopic (exact) mass is 362 g/mol. The van der Waals surface area contributed by atoms with E-state index in [0.29, 0.717) is 48.0 Å². The quantitative estimate of drug-likeness (QED) is 0.769. The lowest BCUT2D eigenvalue weighted by molar-refractivity contribution is -0.120. The summed E-state index contributed by atoms with van der Waals surface area (Å²) in [6.07, 6.45) is 2.92. The molecule has 1 aromatic carbocycles. The third-order valence-electron chi connectivity index (χ3n) is 4.37. The van der Waals surface area contributed by atoms with Gasteiger partial charge in [0.2, 0.25) is 0 Å². The van der Waals surface area contributed by atoms with Crippen molar-refractivity contribution in [2.75, 3.05) is 18.1 Å². The molecule has 4 rings (SSSR count). The van der Waals surface area contributed by atoms with Crippen LogP contribution in [0.2, 0.25) is 0 Å². The lowest BCUT2D eigenvalue weighted by Gasteiger charge is -2.28. The topological polar surface area (TPSA) is 88.2 Å². The number of nitrogens with zero attached hydrogens (tertiary/aromatic N) is 3. The van der Waals surface area contributed by atoms with E-state index in [2.05, 4.69) is 15.0 Å². The molecule has 0 radical (unpaired) electrons. The van der Waals surface area contributed by atoms with Gasteiger partial charge in [0.05, 0.1) is 5.56 Å². The Balaban J connectivity index is 1.62. The summed E-state index contributed by atoms with van der Waals surface area (Å²) < 4.78 is 5.56. The number of anilines is 1. The van der Waals surface area contributed by atoms with Crippen LogP contribution in [-0.2, 0) is 11.2 Å². The van der Waals surface area contributed by atoms with E-state index in [1.54, 1.807) is 30.5 Å². The molecule has 1 aliphatic heterocycles. The minimum atomic E-state index is -0.234. The Bertz CT molecular complexity index is 1000. The number of amides is 1. The number of para-hydroxylation sites is 1. The Labute approximate surface area is 155 Å². The maximum atomic E-state index is 12.7. The van der Waals surface area contributed by atoms with Crippen LogP contribution < -0.4 is 15.2 Å². The molecule has 0 atom stereocenters. The smallest absolute Gasteiger partial charge is 0.266 e. The van der Waals surface area contributed by atoms with Crippen LogP contribution in [0.25, 0.3) is 11.5 Å². The number of fused-ring (bicyclic) bond motifs is 1. The molecule has 1 N–H and O–H groups in total. The number of rotatable bonds is 4. The van der Waals surface area contributed by atoms with Gasteiger partial charge in [-0.15, -0.1) is 0 Å². The molecule has 0 fully saturated rings. The molecule has 0 saturated carbocycles. The number of benzene rings is 1. The van der Waals surface area contributed by atoms with E-state index >= 15 is 0 Å². The Morgan fingerprint density at radius 3 is 2.74 bits per heavy atom. The fourth-order valence-electron chi connectivity index (χ4n) is 3.06. The van der Waals surface area contributed by atoms with Crippen molar-refractivity contribution in [1.29, 1.82) is 0 Å². The lowest BCUT2D eigenvalue weighted by Crippen LogP contribution is -2.41. The molecule has 0 bridgehead atoms. The first-order valence-electron chi connectivity index (χ1n) is 8.75. The summed E-state index contributed by atoms with van der Waals surface area (Å²) in [5, 5.41) is 0. The minimum Gasteiger partial charge on any atom is -0.484 e. The van der Waals surface area contributed by atoms with Gasteiger partial charge in [-0.05, 0) is 37.1 Å². The fraction of sp³-hybridized carbons (Fsp3) is 0.200. The van der Waals surface area contributed by atoms with Gasteiger partial charge in [-0.1, -0.05) is 24.3 Å². The van der Waals surface area contributed by atoms with Crippen LogP contribution in [0.4, 0.5) is 5.82 Å². The average molecular weight is 362 g/mol. The van der Waals surface area contributed by atoms with Crippen molar-refractivity contribution < 1.29 is 9.53 Å². The summed E-state index contributed by atoms with van der Waals surface area (Å²) in [5.41, 5.74) is 0.840. The van der Waals surface area contributed by atoms with Crippen LogP contribution in [-0.4, -0.2) is 34.0 Å². The van der Waals surface area contributed by atoms with Crippen molar-refractivity contribution >= 4 is 11.7 Å². The zero-order valence-electron chi connectivity index (χ0n) is 14.6. The standard InChI is InChI=1S/C20H18N4O3/c25-17(13-27-14-7-2-1-3-8-14)24-12-6-9-15-19(24)22-18(23-20(15)26)16-10-4-5-11-21-16/h1-5,7-8,10-11H,6,9,12-13H2,(H,22,23,26). The van der Waals surface area contributed by atoms with E-state index < -0.39 is 0 Å². The van der Waals surface area contributed by atoms with Crippen LogP contribution >= 0.6 is 0 Å². The number of hydrogen-bond donors (Lipinski definition) is 1. The second-order valence-corrected chi connectivity index (χ2v) is 6.18. The van der Waals surface area contributed by atoms with Gasteiger partial charge in [0, 0.05) is 12.7 Å². The van der Waals surface area contributed by atoms with Gasteiger partial charge >= 0.3 is 0 Å². The predicted octanol–water partition coefficient (Wildman–Crippen LogP) is 2.19. The number of nitrogens with one attached hydrogen (secondary N) is 1. The van der Waals surface area contributed by atoms with Crippen molar-refractivity contribution in [2.24, 2.45) is 0 Å². The van der Waals surface area contributed by atoms with E-state index in [0.717, 1.165) is 0 Å². The van der Waals surface area contributed by atoms with E-state index in [9.17, 15) is 9.59 Å². The first kappa shape index (κ1) is 17.0. The summed E-state index contributed by atoms with van der Waals surface area (Å²) in [5.74, 6) is 1.14. The average Bonchev–Trinajstić information content (AvgIpc) is 2.73. The molecule has 1 aliphatic rings. The highest BCUT2D eigenvalue weighted by Crippen LogP contribution is 2.24. The normalized spacial score (nSPS) is 13.1. The van der Waals surface area contributed by atoms with Gasteiger partial charge in [-0.2, -0.15) is 0 Å². The van der Waals surface area contributed by atoms with Crippen LogP contribution in [0.5, 0.6) is 5.75 Å². The van der Waals surface area contributed by atoms with E-state index in [4.69, 9.17) is 4.74 Å². The van der Waals surface area contributed by atoms with Gasteiger partial charge in [0.25, 0.3) is 11.5 Å². The maximum absolute atomic E-state index is 12.7. The van der Waals surface area contributed by atoms with Crippen molar-refractivity contribution in [3.63, 3.8) is 0 Å². The molecule has 3 heterocycles. The van der Waals surface area contributed by atoms with Gasteiger partial charge in [-0.25, -0.2) is 4.98 Å². The summed E-state index contributed by atoms with van der Waals surface area (Å²) >= 11 is 0. The van der Waals surface area contributed by atoms with Crippen molar-refractivity contribution in [1.82, 2.24) is 15.0 Å². The van der Waals surface area contributed by atoms with Crippen molar-refractivity contribution in [3.05, 3.63) is 70.6 Å². The highest BCUT2D eigenvalue weighted by molar-refractivity contribution is 5.94. The molecule has 0 saturated heterocycles. The number of H-pyrrole nitrogens is 1. The number of carbonyl (C=O) groups is 1. The zero-order valence-corrected chi connectivity index (χ0v) is 14.6. The molecule has 0 spiro atoms. The van der Waals surface area contributed by atoms with Crippen LogP contribution in [0.3, 0.4) is 0 Å². The number of aromatic amines is 1. The molecule has 0 aliphatic carbocycles. The Morgan fingerprint density at radius 2 is 1.96 bits per heavy atom. The van der Waals surface area contributed by atoms with Gasteiger partial charge in [0.1, 0.15) is 17.3 Å². The molecular weight excluding hydrogens is 344 g/mol. The van der Waals surface area contributed by atoms with Gasteiger partial charge in [-0.3, -0.25) is 19.5 Å². The molecule has 7 heteroatoms. The molecular formula is C20H18N4O3. The number of hydrogen-bond acceptors (Lipinski definition) is 5. The number of carbonyl (C=O) groups excluding carboxylic acids is 1. The SMILES string of the molecule is O=C(COc1ccccc1)N1CCCc2c1nc(-c1ccccn1)[nH]c2=O. The number of pyridine rings is 1. The second-order valence-electron chi connectivity index (χ2n) is 6.18. The van der Waals surface area contributed by atoms with Crippen molar-refractivity contribution in [3.8, 4) is 17.3 Å². The maximum Gasteiger partial charge on any atom is 0.266 e. The summed E-state index contributed by atoms with van der Waals surface area (Å²) in [4.78, 5) is 38.3. The first-order valence-corrected chi connectivity index (χ1v) is 8.75. The third kappa shape index (κ3) is 3.57. The van der Waals surface area contributed by atoms with Crippen LogP contribution in [0.1, 0.15) is 12.0 Å². The second kappa shape index (κ2) is 7.41. The number of ether oxygens (including phenoxy) is 1. The largest absolute Gasteiger partial charge is 0.484 e. The highest BCUT2D eigenvalue weighted by atomic mass is 16.5. The third-order valence-corrected chi connectivity index (χ3v) is 4.37. The van der Waals surface area contributed by atoms with E-state index in [1.165, 1.54) is 4.90 Å². The minimum absolute atomic E-state index is 0.114. The lowest BCUT2D eigenvalue weighted by atomic mass is 10.1. The van der Waals surface area contributed by atoms with E-state index in [1.807, 2.05) is 24.3 Å². The molecule has 0 unspecified atom stereocenters. The van der Waals surface area contributed by atoms with Crippen molar-refractivity contribution in [2.45, 2.75) is 12.8 Å². The molecule has 3 aromatic rings. The van der Waals surface area contributed by atoms with Gasteiger partial charge < -0.3 is 9.72 Å². The van der Waals surface area contributed by atoms with Crippen LogP contribution in [0.15, 0.2) is 59.5 Å². The Hall–Kier alpha value is -3.48. The molecule has 1 amide bonds. The zero-order chi connectivity index (χ0) is 18.6. The number of aromatic nitrogens is 3. The molecule has 136 valence electrons. The molecule has 27 heavy (non-hydrogen) atoms. The Morgan fingerprint density at radius 1 is 1.15 bits per heavy atom. The fourth-order valence-corrected chi connectivity index (χ4v) is 3.06. The van der Waals surface area contributed by atoms with E-state index in [-0.39, 0.29) is 18.1 Å². The molecule has 2 aromatic heterocycles. The summed E-state index contributed by atoms with van der Waals surface area (Å²) in [7, 11) is 0. The van der Waals surface area contributed by atoms with Crippen LogP contribution in [0, 0.1) is 0 Å². The summed E-state index contributed by atoms with van der Waals surface area (Å²) in [6.45, 7) is 0.388. The molecule has 7 nitrogen and oxygen atoms in total. The summed E-state index contributed by atoms with van der Waals surface area (Å²) in [6, 6.07) is 14.5. The Kier molecular flexibility index (Phi) is 4.65.